The zero-order valence-electron chi connectivity index (χ0n) is 15.7. The quantitative estimate of drug-likeness (QED) is 0.684. The maximum Gasteiger partial charge on any atom is 0.285 e. The molecule has 1 amide bonds. The van der Waals surface area contributed by atoms with Gasteiger partial charge in [-0.15, -0.1) is 0 Å². The number of benzene rings is 2. The molecule has 0 fully saturated rings. The Morgan fingerprint density at radius 3 is 2.29 bits per heavy atom. The Balaban J connectivity index is 1.86. The van der Waals surface area contributed by atoms with Crippen molar-refractivity contribution in [3.8, 4) is 0 Å². The van der Waals surface area contributed by atoms with E-state index < -0.39 is 15.9 Å². The second kappa shape index (κ2) is 6.80. The van der Waals surface area contributed by atoms with E-state index in [0.717, 1.165) is 26.6 Å². The highest BCUT2D eigenvalue weighted by Gasteiger charge is 2.34. The molecule has 0 aliphatic carbocycles. The molecule has 0 saturated carbocycles. The highest BCUT2D eigenvalue weighted by Crippen LogP contribution is 2.32. The summed E-state index contributed by atoms with van der Waals surface area (Å²) in [5.41, 5.74) is 3.85. The van der Waals surface area contributed by atoms with Crippen molar-refractivity contribution in [1.82, 2.24) is 8.87 Å². The molecule has 0 spiro atoms. The Bertz CT molecular complexity index is 1170. The van der Waals surface area contributed by atoms with Crippen LogP contribution in [0.4, 0.5) is 0 Å². The molecule has 0 N–H and O–H groups in total. The number of amides is 1. The first-order valence-electron chi connectivity index (χ1n) is 8.94. The van der Waals surface area contributed by atoms with E-state index in [1.165, 1.54) is 12.1 Å². The number of nitrogens with zero attached hydrogens (tertiary/aromatic N) is 2. The molecule has 1 aromatic heterocycles. The molecule has 142 valence electrons. The van der Waals surface area contributed by atoms with Crippen LogP contribution in [0.3, 0.4) is 0 Å². The maximum atomic E-state index is 13.3. The zero-order valence-corrected chi connectivity index (χ0v) is 16.5. The van der Waals surface area contributed by atoms with E-state index in [4.69, 9.17) is 0 Å². The van der Waals surface area contributed by atoms with Crippen molar-refractivity contribution in [3.05, 3.63) is 95.3 Å². The molecule has 1 aliphatic rings. The van der Waals surface area contributed by atoms with E-state index in [9.17, 15) is 13.2 Å². The monoisotopic (exact) mass is 392 g/mol. The van der Waals surface area contributed by atoms with Gasteiger partial charge in [0.15, 0.2) is 0 Å². The summed E-state index contributed by atoms with van der Waals surface area (Å²) in [5, 5.41) is 0. The standard InChI is InChI=1S/C22H20N2O3S/c1-16-8-10-18(11-9-16)28(26,27)24-15-13-19(17-6-4-3-5-7-17)20-12-14-23(2)21(20)22(24)25/h3-14H,15H2,1-2H3. The number of fused-ring (bicyclic) bond motifs is 1. The minimum atomic E-state index is -3.97. The molecule has 4 rings (SSSR count). The number of hydrogen-bond acceptors (Lipinski definition) is 3. The minimum absolute atomic E-state index is 0.0199. The highest BCUT2D eigenvalue weighted by molar-refractivity contribution is 7.89. The van der Waals surface area contributed by atoms with Crippen LogP contribution in [0, 0.1) is 6.92 Å². The third-order valence-corrected chi connectivity index (χ3v) is 6.71. The van der Waals surface area contributed by atoms with E-state index in [1.807, 2.05) is 49.4 Å². The second-order valence-corrected chi connectivity index (χ2v) is 8.69. The third-order valence-electron chi connectivity index (χ3n) is 4.95. The number of aromatic nitrogens is 1. The predicted molar refractivity (Wildman–Crippen MR) is 108 cm³/mol. The largest absolute Gasteiger partial charge is 0.346 e. The first-order chi connectivity index (χ1) is 13.4. The molecule has 0 radical (unpaired) electrons. The fourth-order valence-electron chi connectivity index (χ4n) is 3.43. The van der Waals surface area contributed by atoms with Crippen LogP contribution in [-0.2, 0) is 17.1 Å². The Hall–Kier alpha value is -3.12. The van der Waals surface area contributed by atoms with Crippen molar-refractivity contribution in [2.75, 3.05) is 6.54 Å². The lowest BCUT2D eigenvalue weighted by Gasteiger charge is -2.20. The SMILES string of the molecule is Cc1ccc(S(=O)(=O)N2CC=C(c3ccccc3)c3ccn(C)c3C2=O)cc1. The van der Waals surface area contributed by atoms with Crippen LogP contribution in [0.15, 0.2) is 77.8 Å². The molecule has 0 atom stereocenters. The Labute approximate surface area is 164 Å². The van der Waals surface area contributed by atoms with E-state index in [0.29, 0.717) is 5.69 Å². The average Bonchev–Trinajstić information content (AvgIpc) is 2.99. The van der Waals surface area contributed by atoms with Gasteiger partial charge in [-0.25, -0.2) is 12.7 Å². The van der Waals surface area contributed by atoms with Crippen LogP contribution < -0.4 is 0 Å². The average molecular weight is 392 g/mol. The Morgan fingerprint density at radius 2 is 1.61 bits per heavy atom. The smallest absolute Gasteiger partial charge is 0.285 e. The van der Waals surface area contributed by atoms with E-state index in [-0.39, 0.29) is 11.4 Å². The lowest BCUT2D eigenvalue weighted by Crippen LogP contribution is -2.37. The summed E-state index contributed by atoms with van der Waals surface area (Å²) in [6.07, 6.45) is 3.59. The molecular weight excluding hydrogens is 372 g/mol. The van der Waals surface area contributed by atoms with Crippen LogP contribution in [0.25, 0.3) is 5.57 Å². The van der Waals surface area contributed by atoms with Crippen molar-refractivity contribution in [3.63, 3.8) is 0 Å². The van der Waals surface area contributed by atoms with Crippen molar-refractivity contribution in [2.24, 2.45) is 7.05 Å². The molecule has 0 bridgehead atoms. The summed E-state index contributed by atoms with van der Waals surface area (Å²) in [5.74, 6) is -0.523. The van der Waals surface area contributed by atoms with Crippen molar-refractivity contribution < 1.29 is 13.2 Å². The Kier molecular flexibility index (Phi) is 4.43. The summed E-state index contributed by atoms with van der Waals surface area (Å²) < 4.78 is 29.1. The van der Waals surface area contributed by atoms with Crippen molar-refractivity contribution in [1.29, 1.82) is 0 Å². The van der Waals surface area contributed by atoms with Gasteiger partial charge in [-0.3, -0.25) is 4.79 Å². The zero-order chi connectivity index (χ0) is 19.9. The van der Waals surface area contributed by atoms with Crippen LogP contribution in [0.5, 0.6) is 0 Å². The minimum Gasteiger partial charge on any atom is -0.346 e. The van der Waals surface area contributed by atoms with Gasteiger partial charge in [0.1, 0.15) is 5.69 Å². The van der Waals surface area contributed by atoms with Crippen LogP contribution >= 0.6 is 0 Å². The van der Waals surface area contributed by atoms with E-state index >= 15 is 0 Å². The molecule has 0 saturated heterocycles. The van der Waals surface area contributed by atoms with Crippen molar-refractivity contribution >= 4 is 21.5 Å². The number of aryl methyl sites for hydroxylation is 2. The number of sulfonamides is 1. The molecular formula is C22H20N2O3S. The number of rotatable bonds is 3. The molecule has 1 aliphatic heterocycles. The van der Waals surface area contributed by atoms with Gasteiger partial charge in [0.05, 0.1) is 11.4 Å². The van der Waals surface area contributed by atoms with Gasteiger partial charge in [-0.1, -0.05) is 54.1 Å². The molecule has 2 aromatic carbocycles. The van der Waals surface area contributed by atoms with Gasteiger partial charge >= 0.3 is 0 Å². The normalized spacial score (nSPS) is 14.4. The van der Waals surface area contributed by atoms with E-state index in [1.54, 1.807) is 29.9 Å². The highest BCUT2D eigenvalue weighted by atomic mass is 32.2. The van der Waals surface area contributed by atoms with Gasteiger partial charge in [0.25, 0.3) is 15.9 Å². The molecule has 2 heterocycles. The fourth-order valence-corrected chi connectivity index (χ4v) is 4.74. The fraction of sp³-hybridized carbons (Fsp3) is 0.136. The molecule has 6 heteroatoms. The molecule has 0 unspecified atom stereocenters. The second-order valence-electron chi connectivity index (χ2n) is 6.83. The van der Waals surface area contributed by atoms with Gasteiger partial charge in [-0.2, -0.15) is 0 Å². The van der Waals surface area contributed by atoms with Gasteiger partial charge in [-0.05, 0) is 36.3 Å². The summed E-state index contributed by atoms with van der Waals surface area (Å²) in [7, 11) is -2.22. The summed E-state index contributed by atoms with van der Waals surface area (Å²) in [4.78, 5) is 13.4. The van der Waals surface area contributed by atoms with Crippen LogP contribution in [0.2, 0.25) is 0 Å². The van der Waals surface area contributed by atoms with Crippen LogP contribution in [-0.4, -0.2) is 29.7 Å². The summed E-state index contributed by atoms with van der Waals surface area (Å²) in [6.45, 7) is 1.87. The molecule has 3 aromatic rings. The molecule has 28 heavy (non-hydrogen) atoms. The number of hydrogen-bond donors (Lipinski definition) is 0. The Morgan fingerprint density at radius 1 is 0.929 bits per heavy atom. The topological polar surface area (TPSA) is 59.4 Å². The lowest BCUT2D eigenvalue weighted by molar-refractivity contribution is 0.0863. The van der Waals surface area contributed by atoms with Crippen LogP contribution in [0.1, 0.15) is 27.2 Å². The summed E-state index contributed by atoms with van der Waals surface area (Å²) >= 11 is 0. The lowest BCUT2D eigenvalue weighted by atomic mass is 9.98. The molecule has 5 nitrogen and oxygen atoms in total. The predicted octanol–water partition coefficient (Wildman–Crippen LogP) is 3.61. The number of carbonyl (C=O) groups is 1. The van der Waals surface area contributed by atoms with Crippen molar-refractivity contribution in [2.45, 2.75) is 11.8 Å². The number of carbonyl (C=O) groups excluding carboxylic acids is 1. The third kappa shape index (κ3) is 2.96. The first-order valence-corrected chi connectivity index (χ1v) is 10.4. The van der Waals surface area contributed by atoms with Gasteiger partial charge < -0.3 is 4.57 Å². The maximum absolute atomic E-state index is 13.3. The summed E-state index contributed by atoms with van der Waals surface area (Å²) in [6, 6.07) is 18.1. The van der Waals surface area contributed by atoms with Gasteiger partial charge in [0, 0.05) is 18.8 Å². The van der Waals surface area contributed by atoms with Gasteiger partial charge in [0.2, 0.25) is 0 Å². The van der Waals surface area contributed by atoms with E-state index in [2.05, 4.69) is 0 Å². The first kappa shape index (κ1) is 18.3.